The van der Waals surface area contributed by atoms with Crippen LogP contribution in [0.4, 0.5) is 5.13 Å². The molecule has 28 heavy (non-hydrogen) atoms. The number of amides is 1. The number of fused-ring (bicyclic) bond motifs is 1. The van der Waals surface area contributed by atoms with Crippen molar-refractivity contribution >= 4 is 55.7 Å². The number of para-hydroxylation sites is 2. The van der Waals surface area contributed by atoms with Gasteiger partial charge in [-0.3, -0.25) is 4.79 Å². The van der Waals surface area contributed by atoms with E-state index in [0.717, 1.165) is 36.4 Å². The normalized spacial score (nSPS) is 10.9. The lowest BCUT2D eigenvalue weighted by atomic mass is 10.2. The maximum atomic E-state index is 12.3. The van der Waals surface area contributed by atoms with Gasteiger partial charge in [0.05, 0.1) is 28.6 Å². The number of aryl methyl sites for hydroxylation is 1. The summed E-state index contributed by atoms with van der Waals surface area (Å²) in [6, 6.07) is 13.7. The third-order valence-electron chi connectivity index (χ3n) is 3.94. The number of hydrogen-bond donors (Lipinski definition) is 1. The second-order valence-electron chi connectivity index (χ2n) is 5.85. The minimum atomic E-state index is -0.115. The SMILES string of the molecule is COc1ccccc1-c1nnc(SCC(=O)Nc2nc3c(C)cccc3s2)s1. The van der Waals surface area contributed by atoms with Crippen LogP contribution in [0.15, 0.2) is 46.8 Å². The van der Waals surface area contributed by atoms with Gasteiger partial charge in [-0.2, -0.15) is 0 Å². The molecule has 1 amide bonds. The molecular weight excluding hydrogens is 412 g/mol. The largest absolute Gasteiger partial charge is 0.496 e. The van der Waals surface area contributed by atoms with Crippen molar-refractivity contribution in [2.24, 2.45) is 0 Å². The Labute approximate surface area is 174 Å². The fraction of sp³-hybridized carbons (Fsp3) is 0.158. The number of thioether (sulfide) groups is 1. The number of benzene rings is 2. The molecule has 4 rings (SSSR count). The molecule has 0 fully saturated rings. The number of thiazole rings is 1. The number of hydrogen-bond acceptors (Lipinski definition) is 8. The summed E-state index contributed by atoms with van der Waals surface area (Å²) in [5.41, 5.74) is 2.92. The summed E-state index contributed by atoms with van der Waals surface area (Å²) < 4.78 is 7.17. The number of carbonyl (C=O) groups excluding carboxylic acids is 1. The molecule has 142 valence electrons. The smallest absolute Gasteiger partial charge is 0.236 e. The van der Waals surface area contributed by atoms with Crippen LogP contribution in [0, 0.1) is 6.92 Å². The molecule has 0 unspecified atom stereocenters. The van der Waals surface area contributed by atoms with E-state index in [0.29, 0.717) is 5.13 Å². The molecule has 4 aromatic rings. The standard InChI is InChI=1S/C19H16N4O2S3/c1-11-6-5-9-14-16(11)21-18(27-14)20-15(24)10-26-19-23-22-17(28-19)12-7-3-4-8-13(12)25-2/h3-9H,10H2,1-2H3,(H,20,21,24). The fourth-order valence-electron chi connectivity index (χ4n) is 2.62. The highest BCUT2D eigenvalue weighted by Crippen LogP contribution is 2.34. The Hall–Kier alpha value is -2.49. The van der Waals surface area contributed by atoms with Gasteiger partial charge in [-0.15, -0.1) is 10.2 Å². The molecule has 6 nitrogen and oxygen atoms in total. The van der Waals surface area contributed by atoms with E-state index in [-0.39, 0.29) is 11.7 Å². The van der Waals surface area contributed by atoms with Gasteiger partial charge in [0.25, 0.3) is 0 Å². The van der Waals surface area contributed by atoms with E-state index in [4.69, 9.17) is 4.74 Å². The molecule has 0 aliphatic heterocycles. The lowest BCUT2D eigenvalue weighted by Gasteiger charge is -2.03. The maximum absolute atomic E-state index is 12.3. The van der Waals surface area contributed by atoms with Gasteiger partial charge < -0.3 is 10.1 Å². The second kappa shape index (κ2) is 8.26. The van der Waals surface area contributed by atoms with Crippen molar-refractivity contribution in [2.45, 2.75) is 11.3 Å². The quantitative estimate of drug-likeness (QED) is 0.442. The van der Waals surface area contributed by atoms with Gasteiger partial charge in [-0.05, 0) is 30.7 Å². The Morgan fingerprint density at radius 2 is 2.00 bits per heavy atom. The number of methoxy groups -OCH3 is 1. The van der Waals surface area contributed by atoms with E-state index >= 15 is 0 Å². The van der Waals surface area contributed by atoms with E-state index in [9.17, 15) is 4.79 Å². The van der Waals surface area contributed by atoms with Gasteiger partial charge in [0.1, 0.15) is 5.75 Å². The van der Waals surface area contributed by atoms with Gasteiger partial charge in [0, 0.05) is 0 Å². The summed E-state index contributed by atoms with van der Waals surface area (Å²) in [4.78, 5) is 16.8. The molecule has 9 heteroatoms. The summed E-state index contributed by atoms with van der Waals surface area (Å²) in [7, 11) is 1.63. The van der Waals surface area contributed by atoms with E-state index in [2.05, 4.69) is 20.5 Å². The van der Waals surface area contributed by atoms with Crippen molar-refractivity contribution < 1.29 is 9.53 Å². The number of nitrogens with zero attached hydrogens (tertiary/aromatic N) is 3. The summed E-state index contributed by atoms with van der Waals surface area (Å²) >= 11 is 4.27. The van der Waals surface area contributed by atoms with Gasteiger partial charge >= 0.3 is 0 Å². The zero-order valence-electron chi connectivity index (χ0n) is 15.1. The molecular formula is C19H16N4O2S3. The van der Waals surface area contributed by atoms with Gasteiger partial charge in [0.15, 0.2) is 14.5 Å². The van der Waals surface area contributed by atoms with Crippen LogP contribution in [-0.4, -0.2) is 34.0 Å². The first kappa shape index (κ1) is 18.9. The Bertz CT molecular complexity index is 1140. The topological polar surface area (TPSA) is 77.0 Å². The molecule has 2 aromatic carbocycles. The maximum Gasteiger partial charge on any atom is 0.236 e. The molecule has 1 N–H and O–H groups in total. The van der Waals surface area contributed by atoms with Crippen LogP contribution in [0.25, 0.3) is 20.8 Å². The minimum Gasteiger partial charge on any atom is -0.496 e. The van der Waals surface area contributed by atoms with Crippen LogP contribution in [0.3, 0.4) is 0 Å². The Kier molecular flexibility index (Phi) is 5.56. The highest BCUT2D eigenvalue weighted by molar-refractivity contribution is 8.01. The highest BCUT2D eigenvalue weighted by Gasteiger charge is 2.14. The van der Waals surface area contributed by atoms with Crippen molar-refractivity contribution in [3.05, 3.63) is 48.0 Å². The van der Waals surface area contributed by atoms with Gasteiger partial charge in [0.2, 0.25) is 5.91 Å². The van der Waals surface area contributed by atoms with Crippen molar-refractivity contribution in [1.82, 2.24) is 15.2 Å². The van der Waals surface area contributed by atoms with Crippen molar-refractivity contribution in [2.75, 3.05) is 18.2 Å². The Morgan fingerprint density at radius 1 is 1.14 bits per heavy atom. The number of carbonyl (C=O) groups is 1. The number of ether oxygens (including phenoxy) is 1. The average Bonchev–Trinajstić information content (AvgIpc) is 3.34. The summed E-state index contributed by atoms with van der Waals surface area (Å²) in [6.45, 7) is 2.01. The molecule has 2 aromatic heterocycles. The van der Waals surface area contributed by atoms with E-state index in [1.807, 2.05) is 49.4 Å². The van der Waals surface area contributed by atoms with Crippen LogP contribution in [0.2, 0.25) is 0 Å². The third-order valence-corrected chi connectivity index (χ3v) is 6.96. The van der Waals surface area contributed by atoms with E-state index in [1.54, 1.807) is 7.11 Å². The monoisotopic (exact) mass is 428 g/mol. The number of anilines is 1. The minimum absolute atomic E-state index is 0.115. The summed E-state index contributed by atoms with van der Waals surface area (Å²) in [6.07, 6.45) is 0. The second-order valence-corrected chi connectivity index (χ2v) is 9.08. The zero-order chi connectivity index (χ0) is 19.5. The van der Waals surface area contributed by atoms with Crippen LogP contribution in [0.5, 0.6) is 5.75 Å². The van der Waals surface area contributed by atoms with Crippen LogP contribution >= 0.6 is 34.4 Å². The van der Waals surface area contributed by atoms with Crippen LogP contribution in [-0.2, 0) is 4.79 Å². The van der Waals surface area contributed by atoms with Gasteiger partial charge in [-0.25, -0.2) is 4.98 Å². The Morgan fingerprint density at radius 3 is 2.82 bits per heavy atom. The first-order valence-electron chi connectivity index (χ1n) is 8.40. The summed E-state index contributed by atoms with van der Waals surface area (Å²) in [5.74, 6) is 0.880. The average molecular weight is 429 g/mol. The van der Waals surface area contributed by atoms with Crippen molar-refractivity contribution in [1.29, 1.82) is 0 Å². The van der Waals surface area contributed by atoms with Crippen molar-refractivity contribution in [3.63, 3.8) is 0 Å². The molecule has 0 radical (unpaired) electrons. The molecule has 2 heterocycles. The Balaban J connectivity index is 1.40. The number of rotatable bonds is 6. The van der Waals surface area contributed by atoms with E-state index < -0.39 is 0 Å². The first-order chi connectivity index (χ1) is 13.6. The molecule has 0 bridgehead atoms. The highest BCUT2D eigenvalue weighted by atomic mass is 32.2. The zero-order valence-corrected chi connectivity index (χ0v) is 17.6. The molecule has 0 atom stereocenters. The van der Waals surface area contributed by atoms with E-state index in [1.165, 1.54) is 34.4 Å². The summed E-state index contributed by atoms with van der Waals surface area (Å²) in [5, 5.41) is 12.6. The molecule has 0 saturated carbocycles. The first-order valence-corrected chi connectivity index (χ1v) is 11.0. The lowest BCUT2D eigenvalue weighted by molar-refractivity contribution is -0.113. The number of nitrogens with one attached hydrogen (secondary N) is 1. The predicted molar refractivity (Wildman–Crippen MR) is 116 cm³/mol. The molecule has 0 aliphatic carbocycles. The van der Waals surface area contributed by atoms with Gasteiger partial charge in [-0.1, -0.05) is 58.7 Å². The molecule has 0 spiro atoms. The number of aromatic nitrogens is 3. The third kappa shape index (κ3) is 4.01. The van der Waals surface area contributed by atoms with Crippen LogP contribution in [0.1, 0.15) is 5.56 Å². The molecule has 0 aliphatic rings. The fourth-order valence-corrected chi connectivity index (χ4v) is 5.26. The van der Waals surface area contributed by atoms with Crippen LogP contribution < -0.4 is 10.1 Å². The van der Waals surface area contributed by atoms with Crippen molar-refractivity contribution in [3.8, 4) is 16.3 Å². The predicted octanol–water partition coefficient (Wildman–Crippen LogP) is 4.86. The molecule has 0 saturated heterocycles. The lowest BCUT2D eigenvalue weighted by Crippen LogP contribution is -2.13.